The van der Waals surface area contributed by atoms with Gasteiger partial charge >= 0.3 is 0 Å². The number of rotatable bonds is 5. The molecule has 3 aromatic rings. The first-order valence-corrected chi connectivity index (χ1v) is 9.55. The molecule has 1 aliphatic heterocycles. The maximum absolute atomic E-state index is 13.0. The van der Waals surface area contributed by atoms with E-state index in [2.05, 4.69) is 5.32 Å². The number of amides is 2. The summed E-state index contributed by atoms with van der Waals surface area (Å²) in [6.45, 7) is 3.82. The average molecular weight is 386 g/mol. The van der Waals surface area contributed by atoms with E-state index in [-0.39, 0.29) is 18.2 Å². The number of nitrogens with zero attached hydrogens (tertiary/aromatic N) is 1. The fraction of sp³-hybridized carbons (Fsp3) is 0.167. The molecule has 146 valence electrons. The summed E-state index contributed by atoms with van der Waals surface area (Å²) < 4.78 is 5.79. The molecule has 0 bridgehead atoms. The summed E-state index contributed by atoms with van der Waals surface area (Å²) in [7, 11) is 0. The zero-order valence-electron chi connectivity index (χ0n) is 16.4. The van der Waals surface area contributed by atoms with Gasteiger partial charge in [0.15, 0.2) is 0 Å². The Hall–Kier alpha value is -3.60. The van der Waals surface area contributed by atoms with Crippen molar-refractivity contribution >= 4 is 23.2 Å². The van der Waals surface area contributed by atoms with Crippen LogP contribution in [-0.4, -0.2) is 17.9 Å². The maximum atomic E-state index is 13.0. The van der Waals surface area contributed by atoms with Crippen LogP contribution in [0.25, 0.3) is 0 Å². The van der Waals surface area contributed by atoms with E-state index in [1.54, 1.807) is 0 Å². The van der Waals surface area contributed by atoms with Crippen molar-refractivity contribution in [3.05, 3.63) is 83.9 Å². The van der Waals surface area contributed by atoms with E-state index in [0.717, 1.165) is 22.6 Å². The van der Waals surface area contributed by atoms with Crippen LogP contribution in [-0.2, 0) is 9.59 Å². The summed E-state index contributed by atoms with van der Waals surface area (Å²) in [5, 5.41) is 3.18. The van der Waals surface area contributed by atoms with E-state index in [1.807, 2.05) is 86.6 Å². The second-order valence-electron chi connectivity index (χ2n) is 7.15. The van der Waals surface area contributed by atoms with Gasteiger partial charge in [0.2, 0.25) is 5.91 Å². The predicted molar refractivity (Wildman–Crippen MR) is 113 cm³/mol. The van der Waals surface area contributed by atoms with Gasteiger partial charge in [0.1, 0.15) is 17.5 Å². The third kappa shape index (κ3) is 3.85. The summed E-state index contributed by atoms with van der Waals surface area (Å²) in [6.07, 6.45) is 0.134. The van der Waals surface area contributed by atoms with E-state index < -0.39 is 6.04 Å². The normalized spacial score (nSPS) is 16.2. The lowest BCUT2D eigenvalue weighted by atomic mass is 10.1. The van der Waals surface area contributed by atoms with E-state index in [1.165, 1.54) is 4.90 Å². The smallest absolute Gasteiger partial charge is 0.256 e. The van der Waals surface area contributed by atoms with Crippen LogP contribution in [0, 0.1) is 13.8 Å². The van der Waals surface area contributed by atoms with E-state index in [9.17, 15) is 9.59 Å². The molecule has 1 unspecified atom stereocenters. The molecule has 0 aliphatic carbocycles. The Morgan fingerprint density at radius 1 is 0.828 bits per heavy atom. The predicted octanol–water partition coefficient (Wildman–Crippen LogP) is 4.84. The zero-order chi connectivity index (χ0) is 20.4. The molecule has 1 saturated heterocycles. The van der Waals surface area contributed by atoms with Gasteiger partial charge in [0.05, 0.1) is 12.1 Å². The van der Waals surface area contributed by atoms with Crippen LogP contribution in [0.2, 0.25) is 0 Å². The van der Waals surface area contributed by atoms with Crippen molar-refractivity contribution in [2.45, 2.75) is 26.3 Å². The molecule has 1 N–H and O–H groups in total. The summed E-state index contributed by atoms with van der Waals surface area (Å²) >= 11 is 0. The van der Waals surface area contributed by atoms with Crippen molar-refractivity contribution in [2.75, 3.05) is 10.2 Å². The van der Waals surface area contributed by atoms with Gasteiger partial charge in [0, 0.05) is 5.69 Å². The van der Waals surface area contributed by atoms with Crippen molar-refractivity contribution < 1.29 is 14.3 Å². The summed E-state index contributed by atoms with van der Waals surface area (Å²) in [6, 6.07) is 22.1. The van der Waals surface area contributed by atoms with E-state index >= 15 is 0 Å². The molecule has 4 rings (SSSR count). The molecule has 3 aromatic carbocycles. The maximum Gasteiger partial charge on any atom is 0.256 e. The molecule has 5 nitrogen and oxygen atoms in total. The molecule has 0 saturated carbocycles. The lowest BCUT2D eigenvalue weighted by Crippen LogP contribution is -2.35. The Bertz CT molecular complexity index is 1030. The summed E-state index contributed by atoms with van der Waals surface area (Å²) in [5.41, 5.74) is 3.28. The first-order chi connectivity index (χ1) is 14.0. The van der Waals surface area contributed by atoms with Crippen LogP contribution in [0.3, 0.4) is 0 Å². The fourth-order valence-electron chi connectivity index (χ4n) is 3.58. The largest absolute Gasteiger partial charge is 0.457 e. The van der Waals surface area contributed by atoms with Crippen molar-refractivity contribution in [1.29, 1.82) is 0 Å². The first kappa shape index (κ1) is 18.7. The molecule has 5 heteroatoms. The molecule has 29 heavy (non-hydrogen) atoms. The molecule has 1 aliphatic rings. The number of carbonyl (C=O) groups excluding carboxylic acids is 2. The third-order valence-corrected chi connectivity index (χ3v) is 4.98. The monoisotopic (exact) mass is 386 g/mol. The molecule has 2 amide bonds. The highest BCUT2D eigenvalue weighted by Gasteiger charge is 2.40. The highest BCUT2D eigenvalue weighted by molar-refractivity contribution is 6.23. The van der Waals surface area contributed by atoms with Gasteiger partial charge in [-0.3, -0.25) is 9.59 Å². The number of nitrogens with one attached hydrogen (secondary N) is 1. The lowest BCUT2D eigenvalue weighted by Gasteiger charge is -2.20. The number of ether oxygens (including phenoxy) is 1. The van der Waals surface area contributed by atoms with Gasteiger partial charge in [-0.25, -0.2) is 4.90 Å². The van der Waals surface area contributed by atoms with E-state index in [0.29, 0.717) is 11.4 Å². The van der Waals surface area contributed by atoms with Crippen LogP contribution < -0.4 is 15.0 Å². The highest BCUT2D eigenvalue weighted by Crippen LogP contribution is 2.31. The van der Waals surface area contributed by atoms with Crippen molar-refractivity contribution in [3.8, 4) is 11.5 Å². The number of anilines is 2. The average Bonchev–Trinajstić information content (AvgIpc) is 2.98. The quantitative estimate of drug-likeness (QED) is 0.638. The lowest BCUT2D eigenvalue weighted by molar-refractivity contribution is -0.121. The minimum absolute atomic E-state index is 0.134. The minimum atomic E-state index is -0.581. The number of imide groups is 1. The van der Waals surface area contributed by atoms with Crippen LogP contribution in [0.4, 0.5) is 11.4 Å². The topological polar surface area (TPSA) is 58.6 Å². The van der Waals surface area contributed by atoms with Gasteiger partial charge in [-0.15, -0.1) is 0 Å². The Balaban J connectivity index is 1.47. The summed E-state index contributed by atoms with van der Waals surface area (Å²) in [5.74, 6) is 1.05. The molecule has 0 spiro atoms. The van der Waals surface area contributed by atoms with Crippen LogP contribution in [0.5, 0.6) is 11.5 Å². The number of carbonyl (C=O) groups is 2. The van der Waals surface area contributed by atoms with Crippen molar-refractivity contribution in [1.82, 2.24) is 0 Å². The number of hydrogen-bond acceptors (Lipinski definition) is 4. The van der Waals surface area contributed by atoms with E-state index in [4.69, 9.17) is 4.74 Å². The standard InChI is InChI=1S/C24H22N2O3/c1-16-7-6-8-17(2)23(16)26-22(27)15-21(24(26)28)25-18-11-13-20(14-12-18)29-19-9-4-3-5-10-19/h3-14,21,25H,15H2,1-2H3. The van der Waals surface area contributed by atoms with Crippen LogP contribution >= 0.6 is 0 Å². The Morgan fingerprint density at radius 3 is 2.10 bits per heavy atom. The van der Waals surface area contributed by atoms with Crippen molar-refractivity contribution in [3.63, 3.8) is 0 Å². The van der Waals surface area contributed by atoms with Gasteiger partial charge in [-0.2, -0.15) is 0 Å². The Morgan fingerprint density at radius 2 is 1.45 bits per heavy atom. The Labute approximate surface area is 169 Å². The number of aryl methyl sites for hydroxylation is 2. The molecule has 1 fully saturated rings. The molecule has 1 heterocycles. The first-order valence-electron chi connectivity index (χ1n) is 9.55. The minimum Gasteiger partial charge on any atom is -0.457 e. The number of benzene rings is 3. The molecular formula is C24H22N2O3. The number of hydrogen-bond donors (Lipinski definition) is 1. The molecule has 1 atom stereocenters. The van der Waals surface area contributed by atoms with Gasteiger partial charge in [-0.1, -0.05) is 36.4 Å². The third-order valence-electron chi connectivity index (χ3n) is 4.98. The highest BCUT2D eigenvalue weighted by atomic mass is 16.5. The SMILES string of the molecule is Cc1cccc(C)c1N1C(=O)CC(Nc2ccc(Oc3ccccc3)cc2)C1=O. The fourth-order valence-corrected chi connectivity index (χ4v) is 3.58. The second kappa shape index (κ2) is 7.80. The molecular weight excluding hydrogens is 364 g/mol. The van der Waals surface area contributed by atoms with Gasteiger partial charge in [-0.05, 0) is 61.4 Å². The second-order valence-corrected chi connectivity index (χ2v) is 7.15. The van der Waals surface area contributed by atoms with Gasteiger partial charge < -0.3 is 10.1 Å². The number of para-hydroxylation sites is 2. The van der Waals surface area contributed by atoms with Crippen LogP contribution in [0.1, 0.15) is 17.5 Å². The molecule has 0 aromatic heterocycles. The molecule has 0 radical (unpaired) electrons. The van der Waals surface area contributed by atoms with Crippen molar-refractivity contribution in [2.24, 2.45) is 0 Å². The van der Waals surface area contributed by atoms with Gasteiger partial charge in [0.25, 0.3) is 5.91 Å². The Kier molecular flexibility index (Phi) is 5.04. The summed E-state index contributed by atoms with van der Waals surface area (Å²) in [4.78, 5) is 26.9. The van der Waals surface area contributed by atoms with Crippen LogP contribution in [0.15, 0.2) is 72.8 Å². The zero-order valence-corrected chi connectivity index (χ0v) is 16.4.